The summed E-state index contributed by atoms with van der Waals surface area (Å²) >= 11 is 0. The first-order chi connectivity index (χ1) is 8.50. The molecule has 3 atom stereocenters. The molecule has 1 aliphatic carbocycles. The molecule has 1 aromatic carbocycles. The fraction of sp³-hybridized carbons (Fsp3) is 0.500. The van der Waals surface area contributed by atoms with E-state index >= 15 is 0 Å². The van der Waals surface area contributed by atoms with Gasteiger partial charge in [0.15, 0.2) is 0 Å². The second-order valence-corrected chi connectivity index (χ2v) is 5.23. The van der Waals surface area contributed by atoms with Gasteiger partial charge in [-0.25, -0.2) is 0 Å². The highest BCUT2D eigenvalue weighted by Crippen LogP contribution is 2.31. The third-order valence-electron chi connectivity index (χ3n) is 3.52. The van der Waals surface area contributed by atoms with Crippen molar-refractivity contribution < 1.29 is 9.90 Å². The summed E-state index contributed by atoms with van der Waals surface area (Å²) < 4.78 is 0. The van der Waals surface area contributed by atoms with E-state index in [4.69, 9.17) is 5.73 Å². The lowest BCUT2D eigenvalue weighted by Gasteiger charge is -2.22. The molecule has 1 aliphatic rings. The highest BCUT2D eigenvalue weighted by Gasteiger charge is 2.33. The van der Waals surface area contributed by atoms with E-state index in [0.717, 1.165) is 11.1 Å². The number of nitrogens with one attached hydrogen (secondary N) is 1. The third-order valence-corrected chi connectivity index (χ3v) is 3.52. The first-order valence-corrected chi connectivity index (χ1v) is 6.32. The van der Waals surface area contributed by atoms with Crippen LogP contribution in [0.2, 0.25) is 0 Å². The molecule has 0 bridgehead atoms. The lowest BCUT2D eigenvalue weighted by atomic mass is 10.0. The molecule has 98 valence electrons. The van der Waals surface area contributed by atoms with Gasteiger partial charge in [0.25, 0.3) is 0 Å². The van der Waals surface area contributed by atoms with E-state index in [-0.39, 0.29) is 17.9 Å². The van der Waals surface area contributed by atoms with Crippen molar-refractivity contribution >= 4 is 5.91 Å². The fourth-order valence-corrected chi connectivity index (χ4v) is 2.30. The topological polar surface area (TPSA) is 75.4 Å². The minimum Gasteiger partial charge on any atom is -0.390 e. The standard InChI is InChI=1S/C14H20N2O2/c1-8(2)12(15)14(18)16-13-10-6-4-3-5-9(10)7-11(13)17/h3-6,8,11-13,17H,7,15H2,1-2H3,(H,16,18)/t11-,12?,13+/m0/s1. The van der Waals surface area contributed by atoms with E-state index in [0.29, 0.717) is 6.42 Å². The number of carbonyl (C=O) groups is 1. The molecule has 1 aromatic rings. The highest BCUT2D eigenvalue weighted by atomic mass is 16.3. The average molecular weight is 248 g/mol. The summed E-state index contributed by atoms with van der Waals surface area (Å²) in [5, 5.41) is 12.9. The van der Waals surface area contributed by atoms with Crippen LogP contribution in [-0.2, 0) is 11.2 Å². The van der Waals surface area contributed by atoms with Gasteiger partial charge in [-0.15, -0.1) is 0 Å². The molecule has 0 radical (unpaired) electrons. The molecule has 4 heteroatoms. The smallest absolute Gasteiger partial charge is 0.237 e. The molecule has 0 aromatic heterocycles. The molecule has 0 fully saturated rings. The van der Waals surface area contributed by atoms with E-state index in [2.05, 4.69) is 5.32 Å². The van der Waals surface area contributed by atoms with E-state index < -0.39 is 12.1 Å². The van der Waals surface area contributed by atoms with E-state index in [9.17, 15) is 9.90 Å². The molecule has 18 heavy (non-hydrogen) atoms. The van der Waals surface area contributed by atoms with Crippen LogP contribution in [0.5, 0.6) is 0 Å². The van der Waals surface area contributed by atoms with Gasteiger partial charge in [-0.1, -0.05) is 38.1 Å². The van der Waals surface area contributed by atoms with E-state index in [1.54, 1.807) is 0 Å². The molecule has 0 saturated heterocycles. The number of hydrogen-bond donors (Lipinski definition) is 3. The van der Waals surface area contributed by atoms with Crippen molar-refractivity contribution in [3.05, 3.63) is 35.4 Å². The lowest BCUT2D eigenvalue weighted by Crippen LogP contribution is -2.46. The van der Waals surface area contributed by atoms with Gasteiger partial charge in [-0.05, 0) is 17.0 Å². The first kappa shape index (κ1) is 13.1. The number of nitrogens with two attached hydrogens (primary N) is 1. The lowest BCUT2D eigenvalue weighted by molar-refractivity contribution is -0.124. The highest BCUT2D eigenvalue weighted by molar-refractivity contribution is 5.82. The SMILES string of the molecule is CC(C)C(N)C(=O)N[C@@H]1c2ccccc2C[C@@H]1O. The van der Waals surface area contributed by atoms with Crippen LogP contribution < -0.4 is 11.1 Å². The van der Waals surface area contributed by atoms with Gasteiger partial charge in [0.1, 0.15) is 0 Å². The van der Waals surface area contributed by atoms with Gasteiger partial charge < -0.3 is 16.2 Å². The third kappa shape index (κ3) is 2.40. The van der Waals surface area contributed by atoms with Crippen molar-refractivity contribution in [2.24, 2.45) is 11.7 Å². The largest absolute Gasteiger partial charge is 0.390 e. The van der Waals surface area contributed by atoms with Crippen LogP contribution in [0.3, 0.4) is 0 Å². The molecule has 1 unspecified atom stereocenters. The Morgan fingerprint density at radius 1 is 1.44 bits per heavy atom. The minimum absolute atomic E-state index is 0.0822. The number of rotatable bonds is 3. The molecule has 1 amide bonds. The normalized spacial score (nSPS) is 23.8. The number of aliphatic hydroxyl groups is 1. The maximum absolute atomic E-state index is 11.9. The maximum atomic E-state index is 11.9. The van der Waals surface area contributed by atoms with Gasteiger partial charge in [0.2, 0.25) is 5.91 Å². The molecule has 2 rings (SSSR count). The second-order valence-electron chi connectivity index (χ2n) is 5.23. The zero-order valence-corrected chi connectivity index (χ0v) is 10.8. The summed E-state index contributed by atoms with van der Waals surface area (Å²) in [6.07, 6.45) is 0.0172. The molecule has 4 N–H and O–H groups in total. The Hall–Kier alpha value is -1.39. The zero-order valence-electron chi connectivity index (χ0n) is 10.8. The number of benzene rings is 1. The number of aliphatic hydroxyl groups excluding tert-OH is 1. The Morgan fingerprint density at radius 3 is 2.78 bits per heavy atom. The maximum Gasteiger partial charge on any atom is 0.237 e. The Labute approximate surface area is 107 Å². The molecule has 4 nitrogen and oxygen atoms in total. The van der Waals surface area contributed by atoms with Gasteiger partial charge in [-0.2, -0.15) is 0 Å². The molecular formula is C14H20N2O2. The Bertz CT molecular complexity index is 445. The summed E-state index contributed by atoms with van der Waals surface area (Å²) in [5.74, 6) is -0.121. The first-order valence-electron chi connectivity index (χ1n) is 6.32. The van der Waals surface area contributed by atoms with Crippen molar-refractivity contribution in [1.82, 2.24) is 5.32 Å². The second kappa shape index (κ2) is 5.08. The van der Waals surface area contributed by atoms with E-state index in [1.807, 2.05) is 38.1 Å². The number of carbonyl (C=O) groups excluding carboxylic acids is 1. The van der Waals surface area contributed by atoms with Crippen LogP contribution in [0, 0.1) is 5.92 Å². The predicted octanol–water partition coefficient (Wildman–Crippen LogP) is 0.744. The van der Waals surface area contributed by atoms with E-state index in [1.165, 1.54) is 0 Å². The van der Waals surface area contributed by atoms with Crippen LogP contribution >= 0.6 is 0 Å². The van der Waals surface area contributed by atoms with Gasteiger partial charge in [0, 0.05) is 6.42 Å². The number of amides is 1. The summed E-state index contributed by atoms with van der Waals surface area (Å²) in [6.45, 7) is 3.81. The summed E-state index contributed by atoms with van der Waals surface area (Å²) in [4.78, 5) is 11.9. The quantitative estimate of drug-likeness (QED) is 0.738. The Morgan fingerprint density at radius 2 is 2.11 bits per heavy atom. The van der Waals surface area contributed by atoms with Gasteiger partial charge in [0.05, 0.1) is 18.2 Å². The van der Waals surface area contributed by atoms with Crippen LogP contribution in [0.25, 0.3) is 0 Å². The molecule has 0 saturated carbocycles. The van der Waals surface area contributed by atoms with Crippen molar-refractivity contribution in [3.8, 4) is 0 Å². The van der Waals surface area contributed by atoms with Crippen LogP contribution in [0.1, 0.15) is 31.0 Å². The minimum atomic E-state index is -0.564. The van der Waals surface area contributed by atoms with Crippen molar-refractivity contribution in [1.29, 1.82) is 0 Å². The molecule has 0 heterocycles. The molecular weight excluding hydrogens is 228 g/mol. The summed E-state index contributed by atoms with van der Waals surface area (Å²) in [7, 11) is 0. The Kier molecular flexibility index (Phi) is 3.68. The average Bonchev–Trinajstić information content (AvgIpc) is 2.65. The van der Waals surface area contributed by atoms with Crippen LogP contribution in [-0.4, -0.2) is 23.2 Å². The van der Waals surface area contributed by atoms with Gasteiger partial charge in [-0.3, -0.25) is 4.79 Å². The monoisotopic (exact) mass is 248 g/mol. The number of hydrogen-bond acceptors (Lipinski definition) is 3. The van der Waals surface area contributed by atoms with Crippen LogP contribution in [0.4, 0.5) is 0 Å². The predicted molar refractivity (Wildman–Crippen MR) is 69.8 cm³/mol. The summed E-state index contributed by atoms with van der Waals surface area (Å²) in [5.41, 5.74) is 7.90. The fourth-order valence-electron chi connectivity index (χ4n) is 2.30. The number of fused-ring (bicyclic) bond motifs is 1. The van der Waals surface area contributed by atoms with Crippen molar-refractivity contribution in [2.45, 2.75) is 38.5 Å². The van der Waals surface area contributed by atoms with Gasteiger partial charge >= 0.3 is 0 Å². The van der Waals surface area contributed by atoms with Crippen molar-refractivity contribution in [3.63, 3.8) is 0 Å². The summed E-state index contributed by atoms with van der Waals surface area (Å²) in [6, 6.07) is 6.90. The molecule has 0 spiro atoms. The van der Waals surface area contributed by atoms with Crippen molar-refractivity contribution in [2.75, 3.05) is 0 Å². The molecule has 0 aliphatic heterocycles. The Balaban J connectivity index is 2.13. The van der Waals surface area contributed by atoms with Crippen LogP contribution in [0.15, 0.2) is 24.3 Å². The zero-order chi connectivity index (χ0) is 13.3.